The van der Waals surface area contributed by atoms with E-state index in [1.807, 2.05) is 19.1 Å². The summed E-state index contributed by atoms with van der Waals surface area (Å²) in [6.45, 7) is 3.80. The van der Waals surface area contributed by atoms with Gasteiger partial charge in [-0.25, -0.2) is 4.79 Å². The molecule has 0 bridgehead atoms. The number of carbonyl (C=O) groups is 1. The second-order valence-electron chi connectivity index (χ2n) is 3.94. The van der Waals surface area contributed by atoms with Crippen molar-refractivity contribution in [3.63, 3.8) is 0 Å². The highest BCUT2D eigenvalue weighted by atomic mass is 16.5. The summed E-state index contributed by atoms with van der Waals surface area (Å²) in [6, 6.07) is 7.29. The van der Waals surface area contributed by atoms with Crippen LogP contribution in [0.2, 0.25) is 0 Å². The van der Waals surface area contributed by atoms with Crippen LogP contribution in [0.25, 0.3) is 0 Å². The lowest BCUT2D eigenvalue weighted by Gasteiger charge is -2.14. The van der Waals surface area contributed by atoms with E-state index in [2.05, 4.69) is 0 Å². The quantitative estimate of drug-likeness (QED) is 0.796. The lowest BCUT2D eigenvalue weighted by Crippen LogP contribution is -2.25. The number of nitrogens with two attached hydrogens (primary N) is 1. The number of rotatable bonds is 6. The van der Waals surface area contributed by atoms with E-state index in [1.165, 1.54) is 0 Å². The van der Waals surface area contributed by atoms with Gasteiger partial charge in [0.15, 0.2) is 6.10 Å². The number of carboxylic acids is 1. The van der Waals surface area contributed by atoms with E-state index in [0.717, 1.165) is 12.0 Å². The molecular weight excluding hydrogens is 218 g/mol. The standard InChI is InChI=1S/C13H19NO3/c1-3-11(14)9-5-7-10(8-6-9)17-12(4-2)13(15)16/h5-8,11-12H,3-4,14H2,1-2H3,(H,15,16)/t11-,12?/m1/s1. The zero-order chi connectivity index (χ0) is 12.8. The molecule has 0 saturated carbocycles. The fourth-order valence-corrected chi connectivity index (χ4v) is 1.50. The molecule has 1 unspecified atom stereocenters. The van der Waals surface area contributed by atoms with Crippen LogP contribution in [0.4, 0.5) is 0 Å². The summed E-state index contributed by atoms with van der Waals surface area (Å²) in [5, 5.41) is 8.87. The van der Waals surface area contributed by atoms with E-state index in [-0.39, 0.29) is 6.04 Å². The number of benzene rings is 1. The molecule has 0 aliphatic heterocycles. The predicted octanol–water partition coefficient (Wildman–Crippen LogP) is 2.34. The summed E-state index contributed by atoms with van der Waals surface area (Å²) < 4.78 is 5.35. The first kappa shape index (κ1) is 13.5. The van der Waals surface area contributed by atoms with Crippen molar-refractivity contribution in [3.8, 4) is 5.75 Å². The van der Waals surface area contributed by atoms with E-state index in [0.29, 0.717) is 12.2 Å². The van der Waals surface area contributed by atoms with Crippen molar-refractivity contribution in [1.29, 1.82) is 0 Å². The number of ether oxygens (including phenoxy) is 1. The number of aliphatic carboxylic acids is 1. The zero-order valence-corrected chi connectivity index (χ0v) is 10.2. The number of hydrogen-bond acceptors (Lipinski definition) is 3. The monoisotopic (exact) mass is 237 g/mol. The SMILES string of the molecule is CCC(Oc1ccc([C@H](N)CC)cc1)C(=O)O. The third kappa shape index (κ3) is 3.75. The van der Waals surface area contributed by atoms with Crippen molar-refractivity contribution >= 4 is 5.97 Å². The van der Waals surface area contributed by atoms with Crippen LogP contribution in [0.3, 0.4) is 0 Å². The van der Waals surface area contributed by atoms with Gasteiger partial charge < -0.3 is 15.6 Å². The summed E-state index contributed by atoms with van der Waals surface area (Å²) in [6.07, 6.45) is 0.513. The van der Waals surface area contributed by atoms with E-state index in [4.69, 9.17) is 15.6 Å². The molecule has 17 heavy (non-hydrogen) atoms. The van der Waals surface area contributed by atoms with Crippen molar-refractivity contribution in [1.82, 2.24) is 0 Å². The molecule has 1 rings (SSSR count). The van der Waals surface area contributed by atoms with E-state index in [1.54, 1.807) is 19.1 Å². The average molecular weight is 237 g/mol. The summed E-state index contributed by atoms with van der Waals surface area (Å²) in [5.74, 6) is -0.381. The molecule has 0 aliphatic carbocycles. The maximum absolute atomic E-state index is 10.8. The van der Waals surface area contributed by atoms with Gasteiger partial charge in [0, 0.05) is 6.04 Å². The Morgan fingerprint density at radius 3 is 2.29 bits per heavy atom. The zero-order valence-electron chi connectivity index (χ0n) is 10.2. The molecule has 0 spiro atoms. The lowest BCUT2D eigenvalue weighted by molar-refractivity contribution is -0.145. The first-order valence-electron chi connectivity index (χ1n) is 5.83. The topological polar surface area (TPSA) is 72.5 Å². The Kier molecular flexibility index (Phi) is 4.97. The smallest absolute Gasteiger partial charge is 0.344 e. The third-order valence-electron chi connectivity index (χ3n) is 2.67. The fourth-order valence-electron chi connectivity index (χ4n) is 1.50. The van der Waals surface area contributed by atoms with Crippen LogP contribution < -0.4 is 10.5 Å². The van der Waals surface area contributed by atoms with Crippen LogP contribution >= 0.6 is 0 Å². The van der Waals surface area contributed by atoms with Gasteiger partial charge in [-0.3, -0.25) is 0 Å². The summed E-state index contributed by atoms with van der Waals surface area (Å²) in [5.41, 5.74) is 6.92. The largest absolute Gasteiger partial charge is 0.479 e. The fraction of sp³-hybridized carbons (Fsp3) is 0.462. The van der Waals surface area contributed by atoms with Crippen molar-refractivity contribution in [2.75, 3.05) is 0 Å². The van der Waals surface area contributed by atoms with Gasteiger partial charge >= 0.3 is 5.97 Å². The van der Waals surface area contributed by atoms with E-state index < -0.39 is 12.1 Å². The van der Waals surface area contributed by atoms with Crippen LogP contribution in [0.5, 0.6) is 5.75 Å². The summed E-state index contributed by atoms with van der Waals surface area (Å²) >= 11 is 0. The molecule has 0 fully saturated rings. The minimum absolute atomic E-state index is 0.0190. The average Bonchev–Trinajstić information content (AvgIpc) is 2.35. The molecule has 0 aromatic heterocycles. The Labute approximate surface area is 101 Å². The summed E-state index contributed by atoms with van der Waals surface area (Å²) in [7, 11) is 0. The number of hydrogen-bond donors (Lipinski definition) is 2. The maximum atomic E-state index is 10.8. The van der Waals surface area contributed by atoms with Crippen molar-refractivity contribution in [2.24, 2.45) is 5.73 Å². The normalized spacial score (nSPS) is 14.1. The second kappa shape index (κ2) is 6.25. The van der Waals surface area contributed by atoms with Gasteiger partial charge in [-0.1, -0.05) is 26.0 Å². The summed E-state index contributed by atoms with van der Waals surface area (Å²) in [4.78, 5) is 10.8. The molecular formula is C13H19NO3. The van der Waals surface area contributed by atoms with Crippen LogP contribution in [-0.2, 0) is 4.79 Å². The van der Waals surface area contributed by atoms with Crippen LogP contribution in [0, 0.1) is 0 Å². The Bertz CT molecular complexity index is 361. The van der Waals surface area contributed by atoms with Gasteiger partial charge in [0.05, 0.1) is 0 Å². The molecule has 0 radical (unpaired) electrons. The predicted molar refractivity (Wildman–Crippen MR) is 66.0 cm³/mol. The highest BCUT2D eigenvalue weighted by molar-refractivity contribution is 5.72. The van der Waals surface area contributed by atoms with Gasteiger partial charge in [0.25, 0.3) is 0 Å². The molecule has 4 nitrogen and oxygen atoms in total. The van der Waals surface area contributed by atoms with Crippen molar-refractivity contribution in [2.45, 2.75) is 38.8 Å². The Balaban J connectivity index is 2.71. The van der Waals surface area contributed by atoms with Crippen LogP contribution in [0.1, 0.15) is 38.3 Å². The molecule has 2 atom stereocenters. The first-order valence-corrected chi connectivity index (χ1v) is 5.83. The highest BCUT2D eigenvalue weighted by Crippen LogP contribution is 2.19. The van der Waals surface area contributed by atoms with E-state index >= 15 is 0 Å². The molecule has 1 aromatic carbocycles. The third-order valence-corrected chi connectivity index (χ3v) is 2.67. The van der Waals surface area contributed by atoms with Crippen LogP contribution in [-0.4, -0.2) is 17.2 Å². The van der Waals surface area contributed by atoms with Crippen molar-refractivity contribution in [3.05, 3.63) is 29.8 Å². The molecule has 0 heterocycles. The molecule has 1 aromatic rings. The molecule has 94 valence electrons. The lowest BCUT2D eigenvalue weighted by atomic mass is 10.1. The molecule has 0 saturated heterocycles. The minimum atomic E-state index is -0.943. The minimum Gasteiger partial charge on any atom is -0.479 e. The highest BCUT2D eigenvalue weighted by Gasteiger charge is 2.16. The first-order chi connectivity index (χ1) is 8.08. The van der Waals surface area contributed by atoms with Gasteiger partial charge in [-0.15, -0.1) is 0 Å². The van der Waals surface area contributed by atoms with Gasteiger partial charge in [-0.05, 0) is 30.5 Å². The Morgan fingerprint density at radius 1 is 1.29 bits per heavy atom. The molecule has 0 aliphatic rings. The van der Waals surface area contributed by atoms with Gasteiger partial charge in [0.2, 0.25) is 0 Å². The Morgan fingerprint density at radius 2 is 1.88 bits per heavy atom. The molecule has 3 N–H and O–H groups in total. The van der Waals surface area contributed by atoms with E-state index in [9.17, 15) is 4.79 Å². The molecule has 0 amide bonds. The van der Waals surface area contributed by atoms with Gasteiger partial charge in [0.1, 0.15) is 5.75 Å². The molecule has 4 heteroatoms. The van der Waals surface area contributed by atoms with Crippen LogP contribution in [0.15, 0.2) is 24.3 Å². The number of carboxylic acid groups (broad SMARTS) is 1. The maximum Gasteiger partial charge on any atom is 0.344 e. The van der Waals surface area contributed by atoms with Crippen molar-refractivity contribution < 1.29 is 14.6 Å². The second-order valence-corrected chi connectivity index (χ2v) is 3.94. The Hall–Kier alpha value is -1.55. The van der Waals surface area contributed by atoms with Gasteiger partial charge in [-0.2, -0.15) is 0 Å².